The summed E-state index contributed by atoms with van der Waals surface area (Å²) in [7, 11) is 1.53. The van der Waals surface area contributed by atoms with Gasteiger partial charge in [-0.15, -0.1) is 0 Å². The van der Waals surface area contributed by atoms with Gasteiger partial charge in [0.2, 0.25) is 0 Å². The van der Waals surface area contributed by atoms with Crippen LogP contribution in [0.3, 0.4) is 0 Å². The van der Waals surface area contributed by atoms with Gasteiger partial charge in [-0.05, 0) is 36.8 Å². The van der Waals surface area contributed by atoms with Crippen LogP contribution in [0.4, 0.5) is 11.4 Å². The van der Waals surface area contributed by atoms with Crippen LogP contribution in [-0.2, 0) is 14.3 Å². The van der Waals surface area contributed by atoms with Gasteiger partial charge in [0.15, 0.2) is 6.61 Å². The first-order chi connectivity index (χ1) is 16.9. The Bertz CT molecular complexity index is 1240. The SMILES string of the molecule is CCOc1ccc(NC(=O)COC(=O)/C(=C/c2ccccc2OC)c2ccccc2)c([N+](=O)[O-])c1. The highest BCUT2D eigenvalue weighted by Gasteiger charge is 2.20. The molecule has 0 saturated heterocycles. The average molecular weight is 476 g/mol. The summed E-state index contributed by atoms with van der Waals surface area (Å²) < 4.78 is 15.9. The lowest BCUT2D eigenvalue weighted by molar-refractivity contribution is -0.384. The van der Waals surface area contributed by atoms with Gasteiger partial charge >= 0.3 is 5.97 Å². The number of benzene rings is 3. The van der Waals surface area contributed by atoms with E-state index in [0.29, 0.717) is 29.2 Å². The quantitative estimate of drug-likeness (QED) is 0.148. The largest absolute Gasteiger partial charge is 0.496 e. The zero-order valence-corrected chi connectivity index (χ0v) is 19.2. The van der Waals surface area contributed by atoms with Gasteiger partial charge in [-0.2, -0.15) is 0 Å². The van der Waals surface area contributed by atoms with Gasteiger partial charge in [-0.3, -0.25) is 14.9 Å². The lowest BCUT2D eigenvalue weighted by Gasteiger charge is -2.11. The standard InChI is InChI=1S/C26H24N2O7/c1-3-34-20-13-14-22(23(16-20)28(31)32)27-25(29)17-35-26(30)21(18-9-5-4-6-10-18)15-19-11-7-8-12-24(19)33-2/h4-16H,3,17H2,1-2H3,(H,27,29)/b21-15+. The molecule has 0 spiro atoms. The molecule has 0 aromatic heterocycles. The summed E-state index contributed by atoms with van der Waals surface area (Å²) in [6.45, 7) is 1.45. The fraction of sp³-hybridized carbons (Fsp3) is 0.154. The van der Waals surface area contributed by atoms with E-state index in [1.54, 1.807) is 61.5 Å². The second kappa shape index (κ2) is 12.0. The summed E-state index contributed by atoms with van der Waals surface area (Å²) in [6, 6.07) is 20.1. The number of nitro groups is 1. The van der Waals surface area contributed by atoms with E-state index in [-0.39, 0.29) is 16.9 Å². The monoisotopic (exact) mass is 476 g/mol. The van der Waals surface area contributed by atoms with Crippen molar-refractivity contribution in [2.45, 2.75) is 6.92 Å². The number of carbonyl (C=O) groups is 2. The van der Waals surface area contributed by atoms with Gasteiger partial charge in [0, 0.05) is 5.56 Å². The Balaban J connectivity index is 1.77. The minimum absolute atomic E-state index is 0.0349. The normalized spacial score (nSPS) is 10.9. The molecule has 1 N–H and O–H groups in total. The van der Waals surface area contributed by atoms with E-state index in [1.165, 1.54) is 25.3 Å². The Morgan fingerprint density at radius 3 is 2.43 bits per heavy atom. The number of nitrogens with one attached hydrogen (secondary N) is 1. The van der Waals surface area contributed by atoms with Gasteiger partial charge < -0.3 is 19.5 Å². The van der Waals surface area contributed by atoms with E-state index in [1.807, 2.05) is 6.07 Å². The van der Waals surface area contributed by atoms with Gasteiger partial charge in [0.05, 0.1) is 30.3 Å². The number of amides is 1. The second-order valence-electron chi connectivity index (χ2n) is 7.16. The Morgan fingerprint density at radius 2 is 1.74 bits per heavy atom. The molecule has 0 fully saturated rings. The van der Waals surface area contributed by atoms with Crippen LogP contribution in [-0.4, -0.2) is 37.1 Å². The van der Waals surface area contributed by atoms with Crippen LogP contribution in [0.15, 0.2) is 72.8 Å². The molecule has 9 heteroatoms. The number of nitrogens with zero attached hydrogens (tertiary/aromatic N) is 1. The molecule has 3 aromatic rings. The third-order valence-electron chi connectivity index (χ3n) is 4.83. The summed E-state index contributed by atoms with van der Waals surface area (Å²) in [6.07, 6.45) is 1.62. The lowest BCUT2D eigenvalue weighted by Crippen LogP contribution is -2.22. The molecule has 0 radical (unpaired) electrons. The molecular weight excluding hydrogens is 452 g/mol. The maximum Gasteiger partial charge on any atom is 0.339 e. The summed E-state index contributed by atoms with van der Waals surface area (Å²) in [5.41, 5.74) is 1.09. The highest BCUT2D eigenvalue weighted by Crippen LogP contribution is 2.29. The predicted octanol–water partition coefficient (Wildman–Crippen LogP) is 4.72. The molecule has 3 aromatic carbocycles. The van der Waals surface area contributed by atoms with E-state index < -0.39 is 23.4 Å². The van der Waals surface area contributed by atoms with Crippen molar-refractivity contribution in [2.75, 3.05) is 25.6 Å². The van der Waals surface area contributed by atoms with Crippen LogP contribution in [0.5, 0.6) is 11.5 Å². The molecule has 1 amide bonds. The maximum atomic E-state index is 13.0. The molecule has 0 aliphatic rings. The van der Waals surface area contributed by atoms with E-state index in [2.05, 4.69) is 5.32 Å². The van der Waals surface area contributed by atoms with Crippen molar-refractivity contribution >= 4 is 34.9 Å². The van der Waals surface area contributed by atoms with Crippen molar-refractivity contribution in [3.05, 3.63) is 94.0 Å². The number of hydrogen-bond acceptors (Lipinski definition) is 7. The zero-order valence-electron chi connectivity index (χ0n) is 19.2. The molecule has 180 valence electrons. The third-order valence-corrected chi connectivity index (χ3v) is 4.83. The average Bonchev–Trinajstić information content (AvgIpc) is 2.87. The van der Waals surface area contributed by atoms with Crippen molar-refractivity contribution in [2.24, 2.45) is 0 Å². The minimum atomic E-state index is -0.738. The number of carbonyl (C=O) groups excluding carboxylic acids is 2. The molecule has 3 rings (SSSR count). The molecule has 0 saturated carbocycles. The third kappa shape index (κ3) is 6.67. The fourth-order valence-electron chi connectivity index (χ4n) is 3.24. The first kappa shape index (κ1) is 25.0. The number of nitro benzene ring substituents is 1. The highest BCUT2D eigenvalue weighted by molar-refractivity contribution is 6.22. The molecular formula is C26H24N2O7. The first-order valence-corrected chi connectivity index (χ1v) is 10.7. The molecule has 0 heterocycles. The Labute approximate surface area is 202 Å². The van der Waals surface area contributed by atoms with Crippen molar-refractivity contribution in [1.82, 2.24) is 0 Å². The number of ether oxygens (including phenoxy) is 3. The minimum Gasteiger partial charge on any atom is -0.496 e. The van der Waals surface area contributed by atoms with Crippen molar-refractivity contribution in [3.8, 4) is 11.5 Å². The number of esters is 1. The Morgan fingerprint density at radius 1 is 1.03 bits per heavy atom. The van der Waals surface area contributed by atoms with Crippen LogP contribution in [0.1, 0.15) is 18.1 Å². The topological polar surface area (TPSA) is 117 Å². The number of anilines is 1. The van der Waals surface area contributed by atoms with Crippen LogP contribution in [0.2, 0.25) is 0 Å². The van der Waals surface area contributed by atoms with Crippen LogP contribution < -0.4 is 14.8 Å². The van der Waals surface area contributed by atoms with Gasteiger partial charge in [-0.25, -0.2) is 4.79 Å². The molecule has 0 bridgehead atoms. The Hall–Kier alpha value is -4.66. The predicted molar refractivity (Wildman–Crippen MR) is 131 cm³/mol. The fourth-order valence-corrected chi connectivity index (χ4v) is 3.24. The van der Waals surface area contributed by atoms with E-state index in [9.17, 15) is 19.7 Å². The highest BCUT2D eigenvalue weighted by atomic mass is 16.6. The van der Waals surface area contributed by atoms with Crippen LogP contribution >= 0.6 is 0 Å². The zero-order chi connectivity index (χ0) is 25.2. The maximum absolute atomic E-state index is 13.0. The molecule has 0 unspecified atom stereocenters. The van der Waals surface area contributed by atoms with Crippen molar-refractivity contribution in [3.63, 3.8) is 0 Å². The van der Waals surface area contributed by atoms with Gasteiger partial charge in [0.1, 0.15) is 17.2 Å². The second-order valence-corrected chi connectivity index (χ2v) is 7.16. The molecule has 9 nitrogen and oxygen atoms in total. The van der Waals surface area contributed by atoms with Crippen LogP contribution in [0, 0.1) is 10.1 Å². The van der Waals surface area contributed by atoms with E-state index >= 15 is 0 Å². The first-order valence-electron chi connectivity index (χ1n) is 10.7. The molecule has 0 aliphatic carbocycles. The van der Waals surface area contributed by atoms with E-state index in [4.69, 9.17) is 14.2 Å². The Kier molecular flexibility index (Phi) is 8.55. The summed E-state index contributed by atoms with van der Waals surface area (Å²) in [4.78, 5) is 36.2. The summed E-state index contributed by atoms with van der Waals surface area (Å²) >= 11 is 0. The van der Waals surface area contributed by atoms with Crippen molar-refractivity contribution < 1.29 is 28.7 Å². The van der Waals surface area contributed by atoms with Crippen LogP contribution in [0.25, 0.3) is 11.6 Å². The number of para-hydroxylation sites is 1. The smallest absolute Gasteiger partial charge is 0.339 e. The molecule has 0 aliphatic heterocycles. The summed E-state index contributed by atoms with van der Waals surface area (Å²) in [5, 5.41) is 13.8. The van der Waals surface area contributed by atoms with Crippen molar-refractivity contribution in [1.29, 1.82) is 0 Å². The lowest BCUT2D eigenvalue weighted by atomic mass is 10.0. The number of rotatable bonds is 10. The number of hydrogen-bond donors (Lipinski definition) is 1. The number of methoxy groups -OCH3 is 1. The molecule has 0 atom stereocenters. The van der Waals surface area contributed by atoms with Gasteiger partial charge in [0.25, 0.3) is 11.6 Å². The van der Waals surface area contributed by atoms with E-state index in [0.717, 1.165) is 0 Å². The molecule has 35 heavy (non-hydrogen) atoms. The van der Waals surface area contributed by atoms with Gasteiger partial charge in [-0.1, -0.05) is 48.5 Å². The summed E-state index contributed by atoms with van der Waals surface area (Å²) in [5.74, 6) is -0.597.